The average molecular weight is 200 g/mol. The first-order valence-corrected chi connectivity index (χ1v) is 4.95. The molecule has 0 spiro atoms. The third kappa shape index (κ3) is 4.08. The molecule has 72 valence electrons. The molecule has 1 heterocycles. The molecule has 0 bridgehead atoms. The van der Waals surface area contributed by atoms with Crippen LogP contribution in [0.3, 0.4) is 0 Å². The SMILES string of the molecule is Cc1cc(NCCCCCl)ncn1. The maximum absolute atomic E-state index is 5.56. The molecule has 0 unspecified atom stereocenters. The Labute approximate surface area is 83.5 Å². The van der Waals surface area contributed by atoms with Crippen molar-refractivity contribution in [2.45, 2.75) is 19.8 Å². The number of anilines is 1. The summed E-state index contributed by atoms with van der Waals surface area (Å²) in [5, 5.41) is 3.21. The Morgan fingerprint density at radius 1 is 1.38 bits per heavy atom. The minimum Gasteiger partial charge on any atom is -0.370 e. The van der Waals surface area contributed by atoms with Crippen molar-refractivity contribution in [1.82, 2.24) is 9.97 Å². The van der Waals surface area contributed by atoms with Crippen LogP contribution in [0, 0.1) is 6.92 Å². The number of alkyl halides is 1. The van der Waals surface area contributed by atoms with Crippen LogP contribution >= 0.6 is 11.6 Å². The van der Waals surface area contributed by atoms with Gasteiger partial charge in [-0.3, -0.25) is 0 Å². The van der Waals surface area contributed by atoms with Crippen LogP contribution < -0.4 is 5.32 Å². The van der Waals surface area contributed by atoms with Crippen LogP contribution in [0.1, 0.15) is 18.5 Å². The van der Waals surface area contributed by atoms with Crippen molar-refractivity contribution < 1.29 is 0 Å². The van der Waals surface area contributed by atoms with E-state index in [1.165, 1.54) is 0 Å². The van der Waals surface area contributed by atoms with Crippen LogP contribution in [0.25, 0.3) is 0 Å². The lowest BCUT2D eigenvalue weighted by atomic mass is 10.3. The molecule has 13 heavy (non-hydrogen) atoms. The molecule has 0 radical (unpaired) electrons. The first-order chi connectivity index (χ1) is 6.33. The predicted molar refractivity (Wildman–Crippen MR) is 55.2 cm³/mol. The zero-order valence-corrected chi connectivity index (χ0v) is 8.51. The summed E-state index contributed by atoms with van der Waals surface area (Å²) < 4.78 is 0. The Hall–Kier alpha value is -0.830. The van der Waals surface area contributed by atoms with Gasteiger partial charge in [-0.25, -0.2) is 9.97 Å². The number of aryl methyl sites for hydroxylation is 1. The summed E-state index contributed by atoms with van der Waals surface area (Å²) in [5.74, 6) is 1.62. The largest absolute Gasteiger partial charge is 0.370 e. The molecular formula is C9H14ClN3. The van der Waals surface area contributed by atoms with Crippen LogP contribution in [0.4, 0.5) is 5.82 Å². The molecule has 0 aliphatic rings. The van der Waals surface area contributed by atoms with E-state index in [-0.39, 0.29) is 0 Å². The number of rotatable bonds is 5. The van der Waals surface area contributed by atoms with E-state index in [0.29, 0.717) is 0 Å². The van der Waals surface area contributed by atoms with Crippen molar-refractivity contribution in [3.8, 4) is 0 Å². The van der Waals surface area contributed by atoms with Crippen LogP contribution in [0.2, 0.25) is 0 Å². The lowest BCUT2D eigenvalue weighted by Gasteiger charge is -2.03. The molecule has 0 aliphatic heterocycles. The summed E-state index contributed by atoms with van der Waals surface area (Å²) >= 11 is 5.56. The summed E-state index contributed by atoms with van der Waals surface area (Å²) in [4.78, 5) is 8.09. The number of aromatic nitrogens is 2. The molecular weight excluding hydrogens is 186 g/mol. The number of hydrogen-bond donors (Lipinski definition) is 1. The molecule has 0 saturated heterocycles. The molecule has 0 amide bonds. The Balaban J connectivity index is 2.28. The quantitative estimate of drug-likeness (QED) is 0.584. The molecule has 0 fully saturated rings. The van der Waals surface area contributed by atoms with E-state index in [0.717, 1.165) is 36.8 Å². The van der Waals surface area contributed by atoms with Crippen molar-refractivity contribution >= 4 is 17.4 Å². The average Bonchev–Trinajstić information content (AvgIpc) is 2.13. The number of hydrogen-bond acceptors (Lipinski definition) is 3. The molecule has 0 aliphatic carbocycles. The molecule has 1 aromatic heterocycles. The summed E-state index contributed by atoms with van der Waals surface area (Å²) in [6, 6.07) is 1.93. The van der Waals surface area contributed by atoms with Gasteiger partial charge in [0.05, 0.1) is 0 Å². The number of nitrogens with one attached hydrogen (secondary N) is 1. The molecule has 4 heteroatoms. The van der Waals surface area contributed by atoms with Crippen LogP contribution in [-0.4, -0.2) is 22.4 Å². The Bertz CT molecular complexity index is 252. The van der Waals surface area contributed by atoms with Gasteiger partial charge in [0.1, 0.15) is 12.1 Å². The second-order valence-corrected chi connectivity index (χ2v) is 3.25. The smallest absolute Gasteiger partial charge is 0.129 e. The van der Waals surface area contributed by atoms with Crippen LogP contribution in [0.15, 0.2) is 12.4 Å². The Morgan fingerprint density at radius 2 is 2.23 bits per heavy atom. The highest BCUT2D eigenvalue weighted by Crippen LogP contribution is 2.02. The normalized spacial score (nSPS) is 10.0. The Morgan fingerprint density at radius 3 is 2.92 bits per heavy atom. The van der Waals surface area contributed by atoms with E-state index < -0.39 is 0 Å². The third-order valence-electron chi connectivity index (χ3n) is 1.67. The van der Waals surface area contributed by atoms with Crippen molar-refractivity contribution in [2.24, 2.45) is 0 Å². The maximum Gasteiger partial charge on any atom is 0.129 e. The van der Waals surface area contributed by atoms with E-state index in [1.54, 1.807) is 6.33 Å². The molecule has 1 rings (SSSR count). The molecule has 3 nitrogen and oxygen atoms in total. The maximum atomic E-state index is 5.56. The second-order valence-electron chi connectivity index (χ2n) is 2.87. The van der Waals surface area contributed by atoms with Gasteiger partial charge in [0, 0.05) is 24.2 Å². The fourth-order valence-corrected chi connectivity index (χ4v) is 1.18. The Kier molecular flexibility index (Phi) is 4.54. The minimum absolute atomic E-state index is 0.727. The van der Waals surface area contributed by atoms with E-state index in [9.17, 15) is 0 Å². The topological polar surface area (TPSA) is 37.8 Å². The zero-order valence-electron chi connectivity index (χ0n) is 7.76. The first-order valence-electron chi connectivity index (χ1n) is 4.41. The number of halogens is 1. The highest BCUT2D eigenvalue weighted by molar-refractivity contribution is 6.17. The summed E-state index contributed by atoms with van der Waals surface area (Å²) in [6.07, 6.45) is 3.68. The summed E-state index contributed by atoms with van der Waals surface area (Å²) in [6.45, 7) is 2.87. The first kappa shape index (κ1) is 10.3. The van der Waals surface area contributed by atoms with Gasteiger partial charge in [-0.15, -0.1) is 11.6 Å². The molecule has 0 saturated carbocycles. The lowest BCUT2D eigenvalue weighted by Crippen LogP contribution is -2.03. The van der Waals surface area contributed by atoms with Gasteiger partial charge in [0.2, 0.25) is 0 Å². The van der Waals surface area contributed by atoms with E-state index in [2.05, 4.69) is 15.3 Å². The number of nitrogens with zero attached hydrogens (tertiary/aromatic N) is 2. The third-order valence-corrected chi connectivity index (χ3v) is 1.94. The monoisotopic (exact) mass is 199 g/mol. The summed E-state index contributed by atoms with van der Waals surface area (Å²) in [5.41, 5.74) is 0.981. The second kappa shape index (κ2) is 5.75. The number of unbranched alkanes of at least 4 members (excludes halogenated alkanes) is 1. The van der Waals surface area contributed by atoms with Crippen molar-refractivity contribution in [3.63, 3.8) is 0 Å². The van der Waals surface area contributed by atoms with Crippen molar-refractivity contribution in [3.05, 3.63) is 18.1 Å². The van der Waals surface area contributed by atoms with Crippen molar-refractivity contribution in [1.29, 1.82) is 0 Å². The van der Waals surface area contributed by atoms with Gasteiger partial charge in [-0.1, -0.05) is 0 Å². The highest BCUT2D eigenvalue weighted by Gasteiger charge is 1.93. The standard InChI is InChI=1S/C9H14ClN3/c1-8-6-9(13-7-12-8)11-5-3-2-4-10/h6-7H,2-5H2,1H3,(H,11,12,13). The summed E-state index contributed by atoms with van der Waals surface area (Å²) in [7, 11) is 0. The van der Waals surface area contributed by atoms with E-state index >= 15 is 0 Å². The fourth-order valence-electron chi connectivity index (χ4n) is 0.987. The minimum atomic E-state index is 0.727. The van der Waals surface area contributed by atoms with Gasteiger partial charge < -0.3 is 5.32 Å². The molecule has 1 N–H and O–H groups in total. The van der Waals surface area contributed by atoms with Gasteiger partial charge >= 0.3 is 0 Å². The van der Waals surface area contributed by atoms with Gasteiger partial charge in [0.15, 0.2) is 0 Å². The molecule has 0 aromatic carbocycles. The highest BCUT2D eigenvalue weighted by atomic mass is 35.5. The zero-order chi connectivity index (χ0) is 9.52. The van der Waals surface area contributed by atoms with Gasteiger partial charge in [0.25, 0.3) is 0 Å². The van der Waals surface area contributed by atoms with Crippen LogP contribution in [0.5, 0.6) is 0 Å². The van der Waals surface area contributed by atoms with Crippen molar-refractivity contribution in [2.75, 3.05) is 17.7 Å². The van der Waals surface area contributed by atoms with Gasteiger partial charge in [-0.2, -0.15) is 0 Å². The van der Waals surface area contributed by atoms with Gasteiger partial charge in [-0.05, 0) is 19.8 Å². The van der Waals surface area contributed by atoms with E-state index in [4.69, 9.17) is 11.6 Å². The predicted octanol–water partition coefficient (Wildman–Crippen LogP) is 2.22. The lowest BCUT2D eigenvalue weighted by molar-refractivity contribution is 0.835. The van der Waals surface area contributed by atoms with Crippen LogP contribution in [-0.2, 0) is 0 Å². The fraction of sp³-hybridized carbons (Fsp3) is 0.556. The molecule has 0 atom stereocenters. The molecule has 1 aromatic rings. The van der Waals surface area contributed by atoms with E-state index in [1.807, 2.05) is 13.0 Å².